The van der Waals surface area contributed by atoms with Crippen molar-refractivity contribution in [2.24, 2.45) is 17.6 Å². The van der Waals surface area contributed by atoms with Crippen LogP contribution < -0.4 is 11.1 Å². The summed E-state index contributed by atoms with van der Waals surface area (Å²) in [4.78, 5) is 11.9. The molecule has 0 spiro atoms. The Balaban J connectivity index is 1.70. The topological polar surface area (TPSA) is 55.1 Å². The zero-order valence-corrected chi connectivity index (χ0v) is 13.1. The molecule has 1 amide bonds. The van der Waals surface area contributed by atoms with Crippen molar-refractivity contribution < 1.29 is 4.79 Å². The van der Waals surface area contributed by atoms with E-state index in [9.17, 15) is 4.79 Å². The Morgan fingerprint density at radius 1 is 1.24 bits per heavy atom. The molecule has 1 fully saturated rings. The van der Waals surface area contributed by atoms with Gasteiger partial charge in [-0.15, -0.1) is 0 Å². The van der Waals surface area contributed by atoms with Crippen LogP contribution in [0.2, 0.25) is 0 Å². The average Bonchev–Trinajstić information content (AvgIpc) is 2.54. The summed E-state index contributed by atoms with van der Waals surface area (Å²) in [6.45, 7) is 3.39. The van der Waals surface area contributed by atoms with Crippen LogP contribution in [0.3, 0.4) is 0 Å². The van der Waals surface area contributed by atoms with Crippen molar-refractivity contribution in [2.45, 2.75) is 44.9 Å². The fourth-order valence-corrected chi connectivity index (χ4v) is 3.13. The lowest BCUT2D eigenvalue weighted by molar-refractivity contribution is -0.122. The van der Waals surface area contributed by atoms with Crippen LogP contribution in [0.1, 0.15) is 50.5 Å². The molecule has 2 rings (SSSR count). The minimum Gasteiger partial charge on any atom is -0.356 e. The second kappa shape index (κ2) is 8.18. The molecule has 3 N–H and O–H groups in total. The van der Waals surface area contributed by atoms with E-state index in [1.165, 1.54) is 31.2 Å². The van der Waals surface area contributed by atoms with E-state index in [1.807, 2.05) is 0 Å². The van der Waals surface area contributed by atoms with Crippen molar-refractivity contribution in [2.75, 3.05) is 13.1 Å². The van der Waals surface area contributed by atoms with Crippen molar-refractivity contribution in [1.29, 1.82) is 0 Å². The van der Waals surface area contributed by atoms with Gasteiger partial charge >= 0.3 is 0 Å². The van der Waals surface area contributed by atoms with Gasteiger partial charge in [0.25, 0.3) is 0 Å². The van der Waals surface area contributed by atoms with Crippen LogP contribution in [0.15, 0.2) is 30.3 Å². The highest BCUT2D eigenvalue weighted by atomic mass is 16.1. The number of hydrogen-bond acceptors (Lipinski definition) is 2. The fourth-order valence-electron chi connectivity index (χ4n) is 3.13. The smallest absolute Gasteiger partial charge is 0.220 e. The van der Waals surface area contributed by atoms with Crippen molar-refractivity contribution >= 4 is 5.91 Å². The molecule has 116 valence electrons. The average molecular weight is 288 g/mol. The molecule has 3 heteroatoms. The summed E-state index contributed by atoms with van der Waals surface area (Å²) < 4.78 is 0. The zero-order valence-electron chi connectivity index (χ0n) is 13.1. The number of rotatable bonds is 6. The van der Waals surface area contributed by atoms with Crippen LogP contribution in [0.4, 0.5) is 0 Å². The highest BCUT2D eigenvalue weighted by Crippen LogP contribution is 2.36. The van der Waals surface area contributed by atoms with Gasteiger partial charge in [0.2, 0.25) is 5.91 Å². The second-order valence-corrected chi connectivity index (χ2v) is 6.48. The summed E-state index contributed by atoms with van der Waals surface area (Å²) in [6, 6.07) is 10.8. The predicted octanol–water partition coefficient (Wildman–Crippen LogP) is 3.06. The monoisotopic (exact) mass is 288 g/mol. The first-order chi connectivity index (χ1) is 10.2. The van der Waals surface area contributed by atoms with E-state index < -0.39 is 0 Å². The second-order valence-electron chi connectivity index (χ2n) is 6.48. The van der Waals surface area contributed by atoms with Crippen LogP contribution in [0.5, 0.6) is 0 Å². The lowest BCUT2D eigenvalue weighted by atomic mass is 9.77. The summed E-state index contributed by atoms with van der Waals surface area (Å²) in [5, 5.41) is 3.00. The molecule has 0 bridgehead atoms. The molecule has 1 aliphatic carbocycles. The van der Waals surface area contributed by atoms with E-state index in [1.54, 1.807) is 0 Å². The summed E-state index contributed by atoms with van der Waals surface area (Å²) >= 11 is 0. The minimum absolute atomic E-state index is 0.193. The van der Waals surface area contributed by atoms with Crippen molar-refractivity contribution in [3.63, 3.8) is 0 Å². The molecule has 1 aliphatic rings. The van der Waals surface area contributed by atoms with E-state index in [-0.39, 0.29) is 5.91 Å². The van der Waals surface area contributed by atoms with Crippen LogP contribution in [-0.4, -0.2) is 19.0 Å². The first kappa shape index (κ1) is 16.0. The number of carbonyl (C=O) groups excluding carboxylic acids is 1. The maximum atomic E-state index is 11.9. The Morgan fingerprint density at radius 2 is 1.90 bits per heavy atom. The van der Waals surface area contributed by atoms with Gasteiger partial charge in [-0.3, -0.25) is 4.79 Å². The normalized spacial score (nSPS) is 23.5. The van der Waals surface area contributed by atoms with Gasteiger partial charge in [-0.1, -0.05) is 37.3 Å². The number of carbonyl (C=O) groups is 1. The Labute approximate surface area is 128 Å². The number of nitrogens with one attached hydrogen (secondary N) is 1. The fraction of sp³-hybridized carbons (Fsp3) is 0.611. The largest absolute Gasteiger partial charge is 0.356 e. The van der Waals surface area contributed by atoms with Gasteiger partial charge in [-0.05, 0) is 55.5 Å². The van der Waals surface area contributed by atoms with E-state index in [2.05, 4.69) is 42.6 Å². The predicted molar refractivity (Wildman–Crippen MR) is 87.0 cm³/mol. The van der Waals surface area contributed by atoms with Crippen molar-refractivity contribution in [1.82, 2.24) is 5.32 Å². The number of nitrogens with two attached hydrogens (primary N) is 1. The van der Waals surface area contributed by atoms with E-state index in [0.29, 0.717) is 37.3 Å². The number of amides is 1. The molecule has 1 aromatic rings. The van der Waals surface area contributed by atoms with Gasteiger partial charge in [-0.25, -0.2) is 0 Å². The Morgan fingerprint density at radius 3 is 2.52 bits per heavy atom. The van der Waals surface area contributed by atoms with Crippen LogP contribution >= 0.6 is 0 Å². The highest BCUT2D eigenvalue weighted by Gasteiger charge is 2.23. The third-order valence-electron chi connectivity index (χ3n) is 4.64. The van der Waals surface area contributed by atoms with Crippen molar-refractivity contribution in [3.05, 3.63) is 35.9 Å². The lowest BCUT2D eigenvalue weighted by Crippen LogP contribution is -2.32. The van der Waals surface area contributed by atoms with Gasteiger partial charge in [0.15, 0.2) is 0 Å². The Hall–Kier alpha value is -1.35. The summed E-state index contributed by atoms with van der Waals surface area (Å²) in [7, 11) is 0. The first-order valence-corrected chi connectivity index (χ1v) is 8.20. The van der Waals surface area contributed by atoms with E-state index >= 15 is 0 Å². The highest BCUT2D eigenvalue weighted by molar-refractivity contribution is 5.76. The van der Waals surface area contributed by atoms with Gasteiger partial charge in [0.1, 0.15) is 0 Å². The Bertz CT molecular complexity index is 424. The van der Waals surface area contributed by atoms with Crippen LogP contribution in [-0.2, 0) is 4.79 Å². The van der Waals surface area contributed by atoms with Crippen LogP contribution in [0.25, 0.3) is 0 Å². The van der Waals surface area contributed by atoms with Crippen molar-refractivity contribution in [3.8, 4) is 0 Å². The molecule has 0 aliphatic heterocycles. The molecular weight excluding hydrogens is 260 g/mol. The Kier molecular flexibility index (Phi) is 6.24. The van der Waals surface area contributed by atoms with E-state index in [0.717, 1.165) is 0 Å². The summed E-state index contributed by atoms with van der Waals surface area (Å²) in [5.74, 6) is 1.79. The third kappa shape index (κ3) is 5.16. The standard InChI is InChI=1S/C18H28N2O/c1-14(12-19)13-20-18(21)11-15-7-9-17(10-8-15)16-5-3-2-4-6-16/h2-6,14-15,17H,7-13,19H2,1H3,(H,20,21). The number of benzene rings is 1. The SMILES string of the molecule is CC(CN)CNC(=O)CC1CCC(c2ccccc2)CC1. The zero-order chi connectivity index (χ0) is 15.1. The molecule has 3 nitrogen and oxygen atoms in total. The van der Waals surface area contributed by atoms with Gasteiger partial charge in [0, 0.05) is 13.0 Å². The van der Waals surface area contributed by atoms with Gasteiger partial charge in [-0.2, -0.15) is 0 Å². The molecule has 21 heavy (non-hydrogen) atoms. The molecule has 1 saturated carbocycles. The minimum atomic E-state index is 0.193. The quantitative estimate of drug-likeness (QED) is 0.845. The molecule has 0 heterocycles. The maximum Gasteiger partial charge on any atom is 0.220 e. The molecule has 1 unspecified atom stereocenters. The van der Waals surface area contributed by atoms with Crippen LogP contribution in [0, 0.1) is 11.8 Å². The molecule has 0 aromatic heterocycles. The molecule has 0 saturated heterocycles. The molecular formula is C18H28N2O. The third-order valence-corrected chi connectivity index (χ3v) is 4.64. The lowest BCUT2D eigenvalue weighted by Gasteiger charge is -2.28. The van der Waals surface area contributed by atoms with E-state index in [4.69, 9.17) is 5.73 Å². The summed E-state index contributed by atoms with van der Waals surface area (Å²) in [5.41, 5.74) is 7.02. The van der Waals surface area contributed by atoms with Gasteiger partial charge < -0.3 is 11.1 Å². The first-order valence-electron chi connectivity index (χ1n) is 8.20. The molecule has 0 radical (unpaired) electrons. The van der Waals surface area contributed by atoms with Gasteiger partial charge in [0.05, 0.1) is 0 Å². The molecule has 1 atom stereocenters. The number of hydrogen-bond donors (Lipinski definition) is 2. The summed E-state index contributed by atoms with van der Waals surface area (Å²) in [6.07, 6.45) is 5.43. The molecule has 1 aromatic carbocycles. The maximum absolute atomic E-state index is 11.9.